The van der Waals surface area contributed by atoms with E-state index in [1.807, 2.05) is 41.0 Å². The summed E-state index contributed by atoms with van der Waals surface area (Å²) in [6.45, 7) is 4.19. The molecule has 1 heterocycles. The Morgan fingerprint density at radius 1 is 1.07 bits per heavy atom. The molecule has 0 spiro atoms. The molecule has 2 aromatic carbocycles. The van der Waals surface area contributed by atoms with Crippen LogP contribution in [-0.2, 0) is 6.42 Å². The Labute approximate surface area is 171 Å². The molecule has 142 valence electrons. The molecule has 1 aliphatic rings. The van der Waals surface area contributed by atoms with E-state index in [-0.39, 0.29) is 16.8 Å². The van der Waals surface area contributed by atoms with Gasteiger partial charge in [-0.15, -0.1) is 0 Å². The van der Waals surface area contributed by atoms with Gasteiger partial charge in [0.15, 0.2) is 5.78 Å². The summed E-state index contributed by atoms with van der Waals surface area (Å²) >= 11 is 3.46. The fourth-order valence-corrected chi connectivity index (χ4v) is 4.18. The number of hydrogen-bond donors (Lipinski definition) is 1. The molecule has 0 unspecified atom stereocenters. The Morgan fingerprint density at radius 3 is 2.46 bits per heavy atom. The maximum atomic E-state index is 12.8. The quantitative estimate of drug-likeness (QED) is 0.566. The number of ketones is 1. The van der Waals surface area contributed by atoms with Gasteiger partial charge in [-0.05, 0) is 53.8 Å². The van der Waals surface area contributed by atoms with Gasteiger partial charge in [0.25, 0.3) is 0 Å². The maximum absolute atomic E-state index is 12.8. The Bertz CT molecular complexity index is 1090. The largest absolute Gasteiger partial charge is 0.478 e. The third-order valence-corrected chi connectivity index (χ3v) is 5.71. The lowest BCUT2D eigenvalue weighted by atomic mass is 9.76. The fraction of sp³-hybridized carbons (Fsp3) is 0.217. The summed E-state index contributed by atoms with van der Waals surface area (Å²) in [5, 5.41) is 9.42. The monoisotopic (exact) mass is 437 g/mol. The summed E-state index contributed by atoms with van der Waals surface area (Å²) in [5.41, 5.74) is 4.39. The molecule has 1 aromatic heterocycles. The first-order valence-electron chi connectivity index (χ1n) is 9.13. The van der Waals surface area contributed by atoms with Gasteiger partial charge in [0.1, 0.15) is 0 Å². The topological polar surface area (TPSA) is 59.3 Å². The lowest BCUT2D eigenvalue weighted by molar-refractivity contribution is 0.0696. The molecule has 0 radical (unpaired) electrons. The Hall–Kier alpha value is -2.66. The van der Waals surface area contributed by atoms with Gasteiger partial charge < -0.3 is 9.67 Å². The van der Waals surface area contributed by atoms with E-state index in [1.165, 1.54) is 0 Å². The number of carboxylic acids is 1. The van der Waals surface area contributed by atoms with E-state index >= 15 is 0 Å². The number of rotatable bonds is 3. The number of halogens is 1. The van der Waals surface area contributed by atoms with Crippen LogP contribution in [0.5, 0.6) is 0 Å². The van der Waals surface area contributed by atoms with Crippen LogP contribution in [-0.4, -0.2) is 21.4 Å². The number of aromatic nitrogens is 1. The highest BCUT2D eigenvalue weighted by Gasteiger charge is 2.35. The highest BCUT2D eigenvalue weighted by atomic mass is 79.9. The van der Waals surface area contributed by atoms with Crippen molar-refractivity contribution in [3.05, 3.63) is 75.9 Å². The number of carbonyl (C=O) groups is 2. The molecule has 3 aromatic rings. The second-order valence-electron chi connectivity index (χ2n) is 8.03. The molecule has 1 N–H and O–H groups in total. The zero-order valence-corrected chi connectivity index (χ0v) is 17.3. The van der Waals surface area contributed by atoms with Crippen LogP contribution in [0.3, 0.4) is 0 Å². The Morgan fingerprint density at radius 2 is 1.79 bits per heavy atom. The summed E-state index contributed by atoms with van der Waals surface area (Å²) in [6.07, 6.45) is 1.26. The van der Waals surface area contributed by atoms with E-state index in [4.69, 9.17) is 0 Å². The van der Waals surface area contributed by atoms with E-state index in [0.717, 1.165) is 39.1 Å². The molecule has 0 saturated carbocycles. The smallest absolute Gasteiger partial charge is 0.335 e. The first kappa shape index (κ1) is 18.7. The lowest BCUT2D eigenvalue weighted by Crippen LogP contribution is -2.27. The molecular weight excluding hydrogens is 418 g/mol. The van der Waals surface area contributed by atoms with E-state index in [9.17, 15) is 14.7 Å². The standard InChI is InChI=1S/C23H20BrNO3/c1-23(2)12-20-18(21(26)13-23)11-19(14-6-8-16(24)9-7-14)25(20)17-5-3-4-15(10-17)22(27)28/h3-11H,12-13H2,1-2H3,(H,27,28). The number of nitrogens with zero attached hydrogens (tertiary/aromatic N) is 1. The molecule has 0 saturated heterocycles. The predicted octanol–water partition coefficient (Wildman–Crippen LogP) is 5.76. The van der Waals surface area contributed by atoms with Crippen molar-refractivity contribution in [2.45, 2.75) is 26.7 Å². The number of Topliss-reactive ketones (excluding diaryl/α,β-unsaturated/α-hetero) is 1. The summed E-state index contributed by atoms with van der Waals surface area (Å²) in [7, 11) is 0. The van der Waals surface area contributed by atoms with Crippen molar-refractivity contribution in [3.8, 4) is 16.9 Å². The Kier molecular flexibility index (Phi) is 4.50. The third-order valence-electron chi connectivity index (χ3n) is 5.18. The molecule has 4 nitrogen and oxygen atoms in total. The van der Waals surface area contributed by atoms with Crippen molar-refractivity contribution < 1.29 is 14.7 Å². The van der Waals surface area contributed by atoms with Crippen LogP contribution < -0.4 is 0 Å². The molecule has 4 rings (SSSR count). The van der Waals surface area contributed by atoms with Gasteiger partial charge in [-0.3, -0.25) is 4.79 Å². The van der Waals surface area contributed by atoms with Crippen LogP contribution in [0.1, 0.15) is 46.7 Å². The van der Waals surface area contributed by atoms with Crippen LogP contribution in [0.2, 0.25) is 0 Å². The van der Waals surface area contributed by atoms with Gasteiger partial charge in [-0.2, -0.15) is 0 Å². The average Bonchev–Trinajstić information content (AvgIpc) is 3.00. The first-order chi connectivity index (χ1) is 13.2. The number of carbonyl (C=O) groups excluding carboxylic acids is 1. The predicted molar refractivity (Wildman–Crippen MR) is 112 cm³/mol. The minimum atomic E-state index is -0.968. The van der Waals surface area contributed by atoms with Crippen molar-refractivity contribution >= 4 is 27.7 Å². The molecule has 0 bridgehead atoms. The van der Waals surface area contributed by atoms with Gasteiger partial charge in [-0.25, -0.2) is 4.79 Å². The normalized spacial score (nSPS) is 15.3. The van der Waals surface area contributed by atoms with Gasteiger partial charge >= 0.3 is 5.97 Å². The number of hydrogen-bond acceptors (Lipinski definition) is 2. The zero-order valence-electron chi connectivity index (χ0n) is 15.7. The summed E-state index contributed by atoms with van der Waals surface area (Å²) in [6, 6.07) is 16.7. The van der Waals surface area contributed by atoms with Crippen LogP contribution in [0, 0.1) is 5.41 Å². The first-order valence-corrected chi connectivity index (χ1v) is 9.92. The van der Waals surface area contributed by atoms with E-state index in [2.05, 4.69) is 29.8 Å². The van der Waals surface area contributed by atoms with Gasteiger partial charge in [0.05, 0.1) is 11.3 Å². The lowest BCUT2D eigenvalue weighted by Gasteiger charge is -2.30. The van der Waals surface area contributed by atoms with Crippen molar-refractivity contribution in [1.82, 2.24) is 4.57 Å². The second kappa shape index (κ2) is 6.74. The molecular formula is C23H20BrNO3. The number of carboxylic acid groups (broad SMARTS) is 1. The van der Waals surface area contributed by atoms with Crippen molar-refractivity contribution in [3.63, 3.8) is 0 Å². The van der Waals surface area contributed by atoms with Crippen LogP contribution in [0.4, 0.5) is 0 Å². The van der Waals surface area contributed by atoms with Gasteiger partial charge in [-0.1, -0.05) is 48.0 Å². The minimum Gasteiger partial charge on any atom is -0.478 e. The summed E-state index contributed by atoms with van der Waals surface area (Å²) in [5.74, 6) is -0.831. The highest BCUT2D eigenvalue weighted by Crippen LogP contribution is 2.40. The molecule has 0 amide bonds. The van der Waals surface area contributed by atoms with Gasteiger partial charge in [0.2, 0.25) is 0 Å². The van der Waals surface area contributed by atoms with Crippen LogP contribution >= 0.6 is 15.9 Å². The highest BCUT2D eigenvalue weighted by molar-refractivity contribution is 9.10. The average molecular weight is 438 g/mol. The zero-order chi connectivity index (χ0) is 20.1. The van der Waals surface area contributed by atoms with Crippen molar-refractivity contribution in [2.24, 2.45) is 5.41 Å². The number of aromatic carboxylic acids is 1. The Balaban J connectivity index is 2.00. The number of benzene rings is 2. The molecule has 5 heteroatoms. The number of fused-ring (bicyclic) bond motifs is 1. The molecule has 0 fully saturated rings. The van der Waals surface area contributed by atoms with E-state index < -0.39 is 5.97 Å². The second-order valence-corrected chi connectivity index (χ2v) is 8.94. The third kappa shape index (κ3) is 3.31. The van der Waals surface area contributed by atoms with Crippen molar-refractivity contribution in [2.75, 3.05) is 0 Å². The molecule has 0 aliphatic heterocycles. The van der Waals surface area contributed by atoms with E-state index in [0.29, 0.717) is 6.42 Å². The molecule has 28 heavy (non-hydrogen) atoms. The molecule has 0 atom stereocenters. The minimum absolute atomic E-state index is 0.137. The van der Waals surface area contributed by atoms with E-state index in [1.54, 1.807) is 18.2 Å². The fourth-order valence-electron chi connectivity index (χ4n) is 3.92. The van der Waals surface area contributed by atoms with Crippen LogP contribution in [0.15, 0.2) is 59.1 Å². The van der Waals surface area contributed by atoms with Gasteiger partial charge in [0, 0.05) is 27.8 Å². The van der Waals surface area contributed by atoms with Crippen LogP contribution in [0.25, 0.3) is 16.9 Å². The maximum Gasteiger partial charge on any atom is 0.335 e. The summed E-state index contributed by atoms with van der Waals surface area (Å²) < 4.78 is 3.02. The molecule has 1 aliphatic carbocycles. The van der Waals surface area contributed by atoms with Crippen molar-refractivity contribution in [1.29, 1.82) is 0 Å². The SMILES string of the molecule is CC1(C)CC(=O)c2cc(-c3ccc(Br)cc3)n(-c3cccc(C(=O)O)c3)c2C1. The summed E-state index contributed by atoms with van der Waals surface area (Å²) in [4.78, 5) is 24.3.